The molecule has 0 unspecified atom stereocenters. The summed E-state index contributed by atoms with van der Waals surface area (Å²) in [5.74, 6) is -1.66. The Kier molecular flexibility index (Phi) is 10.1. The number of carboxylic acid groups (broad SMARTS) is 2. The van der Waals surface area contributed by atoms with Crippen molar-refractivity contribution in [2.75, 3.05) is 5.75 Å². The van der Waals surface area contributed by atoms with Crippen LogP contribution < -0.4 is 21.2 Å². The molecule has 1 saturated heterocycles. The van der Waals surface area contributed by atoms with Gasteiger partial charge in [0.05, 0.1) is 12.5 Å². The summed E-state index contributed by atoms with van der Waals surface area (Å²) in [7, 11) is 0. The second kappa shape index (κ2) is 13.6. The maximum absolute atomic E-state index is 12.5. The predicted molar refractivity (Wildman–Crippen MR) is 172 cm³/mol. The fourth-order valence-electron chi connectivity index (χ4n) is 6.12. The van der Waals surface area contributed by atoms with E-state index in [1.54, 1.807) is 12.2 Å². The van der Waals surface area contributed by atoms with Crippen LogP contribution in [0.4, 0.5) is 0 Å². The molecule has 4 rings (SSSR count). The molecule has 0 aromatic carbocycles. The van der Waals surface area contributed by atoms with E-state index in [1.807, 2.05) is 39.8 Å². The molecule has 2 aromatic rings. The molecule has 2 aliphatic rings. The van der Waals surface area contributed by atoms with Crippen molar-refractivity contribution >= 4 is 54.6 Å². The first-order chi connectivity index (χ1) is 20.9. The maximum atomic E-state index is 12.5. The second-order valence-corrected chi connectivity index (χ2v) is 11.9. The Hall–Kier alpha value is -4.25. The van der Waals surface area contributed by atoms with Gasteiger partial charge in [-0.1, -0.05) is 25.7 Å². The van der Waals surface area contributed by atoms with E-state index in [-0.39, 0.29) is 49.0 Å². The highest BCUT2D eigenvalue weighted by atomic mass is 32.1. The normalized spacial score (nSPS) is 21.8. The smallest absolute Gasteiger partial charge is 0.307 e. The summed E-state index contributed by atoms with van der Waals surface area (Å²) >= 11 is 4.37. The monoisotopic (exact) mass is 620 g/mol. The highest BCUT2D eigenvalue weighted by Gasteiger charge is 2.34. The van der Waals surface area contributed by atoms with Crippen molar-refractivity contribution < 1.29 is 29.4 Å². The molecule has 11 heteroatoms. The summed E-state index contributed by atoms with van der Waals surface area (Å²) in [5.41, 5.74) is 7.12. The molecule has 0 saturated carbocycles. The number of allylic oxidation sites excluding steroid dienone is 1. The third kappa shape index (κ3) is 6.77. The third-order valence-electron chi connectivity index (χ3n) is 8.78. The van der Waals surface area contributed by atoms with Crippen LogP contribution >= 0.6 is 12.6 Å². The standard InChI is InChI=1S/C33H40N4O6S/c1-6-20-16(2)26(36-33(20)43)13-24-17(3)21(7-9-30(38)39)27(34-24)15-28-22(8-10-31(40)41)18(4)25(35-28)14-29-23(11-12-44)19(5)32(42)37-29/h6,8,14-15,19,23,26,34-35,44H,1,7,9-13H2,2-5H3,(H,36,43)(H,37,42)(H,38,39)(H,40,41)/b22-8-,28-15-,29-14-/t19-,23-,26-/m1/s1. The Morgan fingerprint density at radius 3 is 2.36 bits per heavy atom. The van der Waals surface area contributed by atoms with Crippen molar-refractivity contribution in [2.45, 2.75) is 65.8 Å². The van der Waals surface area contributed by atoms with Crippen LogP contribution in [0.5, 0.6) is 0 Å². The summed E-state index contributed by atoms with van der Waals surface area (Å²) in [4.78, 5) is 54.8. The lowest BCUT2D eigenvalue weighted by atomic mass is 9.92. The predicted octanol–water partition coefficient (Wildman–Crippen LogP) is 2.65. The van der Waals surface area contributed by atoms with Gasteiger partial charge < -0.3 is 30.8 Å². The van der Waals surface area contributed by atoms with Gasteiger partial charge >= 0.3 is 11.9 Å². The zero-order chi connectivity index (χ0) is 32.3. The number of carbonyl (C=O) groups is 4. The van der Waals surface area contributed by atoms with Gasteiger partial charge in [-0.15, -0.1) is 0 Å². The third-order valence-corrected chi connectivity index (χ3v) is 9.03. The Morgan fingerprint density at radius 2 is 1.75 bits per heavy atom. The van der Waals surface area contributed by atoms with Crippen molar-refractivity contribution in [1.29, 1.82) is 0 Å². The molecule has 234 valence electrons. The number of H-pyrrole nitrogens is 2. The van der Waals surface area contributed by atoms with E-state index in [4.69, 9.17) is 0 Å². The van der Waals surface area contributed by atoms with Gasteiger partial charge in [-0.05, 0) is 79.0 Å². The molecule has 3 atom stereocenters. The van der Waals surface area contributed by atoms with Crippen LogP contribution in [0, 0.1) is 25.7 Å². The minimum Gasteiger partial charge on any atom is -0.481 e. The number of carboxylic acids is 2. The zero-order valence-electron chi connectivity index (χ0n) is 25.5. The largest absolute Gasteiger partial charge is 0.481 e. The van der Waals surface area contributed by atoms with Crippen LogP contribution in [-0.4, -0.2) is 55.7 Å². The summed E-state index contributed by atoms with van der Waals surface area (Å²) in [6.45, 7) is 11.4. The number of carbonyl (C=O) groups excluding carboxylic acids is 2. The minimum atomic E-state index is -0.969. The van der Waals surface area contributed by atoms with Gasteiger partial charge in [-0.2, -0.15) is 12.6 Å². The molecular weight excluding hydrogens is 580 g/mol. The van der Waals surface area contributed by atoms with Gasteiger partial charge in [-0.25, -0.2) is 0 Å². The van der Waals surface area contributed by atoms with Crippen LogP contribution in [0.15, 0.2) is 29.5 Å². The quantitative estimate of drug-likeness (QED) is 0.180. The van der Waals surface area contributed by atoms with E-state index in [0.29, 0.717) is 34.0 Å². The molecule has 1 fully saturated rings. The van der Waals surface area contributed by atoms with Crippen LogP contribution in [0.25, 0.3) is 18.2 Å². The van der Waals surface area contributed by atoms with E-state index < -0.39 is 11.9 Å². The van der Waals surface area contributed by atoms with E-state index >= 15 is 0 Å². The van der Waals surface area contributed by atoms with Gasteiger partial charge in [0.25, 0.3) is 5.91 Å². The first-order valence-corrected chi connectivity index (χ1v) is 15.3. The Bertz CT molecular complexity index is 1710. The molecule has 0 aliphatic carbocycles. The van der Waals surface area contributed by atoms with Crippen molar-refractivity contribution in [3.8, 4) is 0 Å². The van der Waals surface area contributed by atoms with Crippen LogP contribution in [0.1, 0.15) is 66.9 Å². The Morgan fingerprint density at radius 1 is 1.02 bits per heavy atom. The second-order valence-electron chi connectivity index (χ2n) is 11.5. The average Bonchev–Trinajstić information content (AvgIpc) is 3.60. The lowest BCUT2D eigenvalue weighted by Crippen LogP contribution is -2.30. The number of amides is 2. The number of aliphatic carboxylic acids is 2. The lowest BCUT2D eigenvalue weighted by molar-refractivity contribution is -0.137. The van der Waals surface area contributed by atoms with Crippen LogP contribution in [0.2, 0.25) is 0 Å². The molecule has 2 aliphatic heterocycles. The fourth-order valence-corrected chi connectivity index (χ4v) is 6.40. The molecule has 0 spiro atoms. The Balaban J connectivity index is 1.85. The lowest BCUT2D eigenvalue weighted by Gasteiger charge is -2.12. The molecule has 0 radical (unpaired) electrons. The van der Waals surface area contributed by atoms with Gasteiger partial charge in [0.2, 0.25) is 5.91 Å². The summed E-state index contributed by atoms with van der Waals surface area (Å²) in [5, 5.41) is 26.2. The molecule has 10 nitrogen and oxygen atoms in total. The number of thiol groups is 1. The van der Waals surface area contributed by atoms with Gasteiger partial charge in [-0.3, -0.25) is 19.2 Å². The SMILES string of the molecule is C=CC1=C(C)[C@@H](Cc2[nH]c(/C=c3\[nH]c(/C=C4\NC(=O)[C@H](C)[C@H]4CCS)c(C)\c3=C\CC(=O)O)c(CCC(=O)O)c2C)NC1=O. The van der Waals surface area contributed by atoms with E-state index in [9.17, 15) is 29.4 Å². The van der Waals surface area contributed by atoms with Crippen molar-refractivity contribution in [3.05, 3.63) is 73.8 Å². The summed E-state index contributed by atoms with van der Waals surface area (Å²) in [6.07, 6.45) is 8.23. The van der Waals surface area contributed by atoms with Crippen LogP contribution in [0.3, 0.4) is 0 Å². The highest BCUT2D eigenvalue weighted by molar-refractivity contribution is 7.80. The van der Waals surface area contributed by atoms with Crippen molar-refractivity contribution in [2.24, 2.45) is 11.8 Å². The van der Waals surface area contributed by atoms with Crippen molar-refractivity contribution in [1.82, 2.24) is 20.6 Å². The van der Waals surface area contributed by atoms with Gasteiger partial charge in [0.1, 0.15) is 0 Å². The Labute approximate surface area is 261 Å². The average molecular weight is 621 g/mol. The molecule has 4 heterocycles. The van der Waals surface area contributed by atoms with Gasteiger partial charge in [0.15, 0.2) is 0 Å². The maximum Gasteiger partial charge on any atom is 0.307 e. The number of hydrogen-bond donors (Lipinski definition) is 7. The topological polar surface area (TPSA) is 164 Å². The van der Waals surface area contributed by atoms with Crippen LogP contribution in [-0.2, 0) is 32.0 Å². The molecule has 2 aromatic heterocycles. The molecule has 6 N–H and O–H groups in total. The molecule has 0 bridgehead atoms. The number of aromatic nitrogens is 2. The first kappa shape index (κ1) is 32.7. The minimum absolute atomic E-state index is 0.00648. The van der Waals surface area contributed by atoms with Gasteiger partial charge in [0, 0.05) is 58.4 Å². The number of aromatic amines is 2. The molecular formula is C33H40N4O6S. The molecule has 44 heavy (non-hydrogen) atoms. The van der Waals surface area contributed by atoms with E-state index in [1.165, 1.54) is 0 Å². The zero-order valence-corrected chi connectivity index (χ0v) is 26.4. The summed E-state index contributed by atoms with van der Waals surface area (Å²) < 4.78 is 0. The number of rotatable bonds is 12. The fraction of sp³-hybridized carbons (Fsp3) is 0.394. The highest BCUT2D eigenvalue weighted by Crippen LogP contribution is 2.31. The molecule has 2 amide bonds. The number of nitrogens with one attached hydrogen (secondary N) is 4. The van der Waals surface area contributed by atoms with E-state index in [2.05, 4.69) is 39.8 Å². The summed E-state index contributed by atoms with van der Waals surface area (Å²) in [6, 6.07) is -0.229. The number of hydrogen-bond acceptors (Lipinski definition) is 5. The van der Waals surface area contributed by atoms with E-state index in [0.717, 1.165) is 45.8 Å². The first-order valence-electron chi connectivity index (χ1n) is 14.7. The van der Waals surface area contributed by atoms with Crippen molar-refractivity contribution in [3.63, 3.8) is 0 Å².